The number of halogens is 1. The molecule has 1 fully saturated rings. The van der Waals surface area contributed by atoms with Crippen LogP contribution in [0.1, 0.15) is 39.2 Å². The maximum atomic E-state index is 12.3. The van der Waals surface area contributed by atoms with Crippen LogP contribution in [-0.4, -0.2) is 41.9 Å². The summed E-state index contributed by atoms with van der Waals surface area (Å²) in [7, 11) is 0. The van der Waals surface area contributed by atoms with Crippen molar-refractivity contribution in [2.45, 2.75) is 52.1 Å². The van der Waals surface area contributed by atoms with E-state index in [1.54, 1.807) is 0 Å². The van der Waals surface area contributed by atoms with E-state index in [0.717, 1.165) is 12.8 Å². The van der Waals surface area contributed by atoms with E-state index in [4.69, 9.17) is 5.73 Å². The van der Waals surface area contributed by atoms with Crippen molar-refractivity contribution in [1.29, 1.82) is 0 Å². The lowest BCUT2D eigenvalue weighted by molar-refractivity contribution is -0.130. The van der Waals surface area contributed by atoms with Gasteiger partial charge in [0.05, 0.1) is 6.04 Å². The fraction of sp³-hybridized carbons (Fsp3) is 0.579. The average Bonchev–Trinajstić information content (AvgIpc) is 3.00. The zero-order valence-corrected chi connectivity index (χ0v) is 16.1. The smallest absolute Gasteiger partial charge is 0.237 e. The third kappa shape index (κ3) is 6.33. The maximum absolute atomic E-state index is 12.3. The summed E-state index contributed by atoms with van der Waals surface area (Å²) < 4.78 is 0. The summed E-state index contributed by atoms with van der Waals surface area (Å²) >= 11 is 0. The number of rotatable bonds is 5. The predicted molar refractivity (Wildman–Crippen MR) is 103 cm³/mol. The second-order valence-corrected chi connectivity index (χ2v) is 7.66. The lowest BCUT2D eigenvalue weighted by atomic mass is 9.87. The zero-order valence-electron chi connectivity index (χ0n) is 15.3. The lowest BCUT2D eigenvalue weighted by Crippen LogP contribution is -2.52. The molecule has 1 aromatic carbocycles. The molecule has 0 aliphatic carbocycles. The van der Waals surface area contributed by atoms with Gasteiger partial charge in [0.15, 0.2) is 0 Å². The van der Waals surface area contributed by atoms with Crippen molar-refractivity contribution in [3.63, 3.8) is 0 Å². The Kier molecular flexibility index (Phi) is 7.90. The Bertz CT molecular complexity index is 572. The molecule has 5 nitrogen and oxygen atoms in total. The lowest BCUT2D eigenvalue weighted by Gasteiger charge is -2.27. The number of hydrogen-bond acceptors (Lipinski definition) is 3. The number of nitrogens with two attached hydrogens (primary N) is 1. The number of benzene rings is 1. The molecular weight excluding hydrogens is 338 g/mol. The van der Waals surface area contributed by atoms with Crippen molar-refractivity contribution in [2.24, 2.45) is 11.1 Å². The summed E-state index contributed by atoms with van der Waals surface area (Å²) in [6, 6.07) is 9.48. The van der Waals surface area contributed by atoms with Crippen molar-refractivity contribution in [3.8, 4) is 0 Å². The van der Waals surface area contributed by atoms with Crippen molar-refractivity contribution in [2.75, 3.05) is 13.1 Å². The molecule has 0 aromatic heterocycles. The highest BCUT2D eigenvalue weighted by Crippen LogP contribution is 2.18. The molecular formula is C19H30ClN3O2. The van der Waals surface area contributed by atoms with Crippen LogP contribution in [0.4, 0.5) is 0 Å². The molecule has 140 valence electrons. The molecule has 1 saturated heterocycles. The van der Waals surface area contributed by atoms with Crippen LogP contribution in [0.15, 0.2) is 30.3 Å². The van der Waals surface area contributed by atoms with Crippen molar-refractivity contribution < 1.29 is 9.59 Å². The molecule has 0 bridgehead atoms. The Balaban J connectivity index is 0.00000312. The minimum absolute atomic E-state index is 0. The number of amides is 2. The van der Waals surface area contributed by atoms with Crippen LogP contribution in [0.25, 0.3) is 0 Å². The monoisotopic (exact) mass is 367 g/mol. The number of nitrogens with one attached hydrogen (secondary N) is 1. The molecule has 0 radical (unpaired) electrons. The highest BCUT2D eigenvalue weighted by Gasteiger charge is 2.32. The third-order valence-electron chi connectivity index (χ3n) is 4.57. The van der Waals surface area contributed by atoms with Crippen LogP contribution < -0.4 is 11.1 Å². The number of nitrogens with zero attached hydrogens (tertiary/aromatic N) is 1. The molecule has 2 rings (SSSR count). The summed E-state index contributed by atoms with van der Waals surface area (Å²) in [6.07, 6.45) is 2.05. The van der Waals surface area contributed by atoms with Gasteiger partial charge in [-0.1, -0.05) is 51.1 Å². The first kappa shape index (κ1) is 21.5. The number of carbonyl (C=O) groups is 2. The van der Waals surface area contributed by atoms with Gasteiger partial charge in [0.25, 0.3) is 0 Å². The normalized spacial score (nSPS) is 18.4. The van der Waals surface area contributed by atoms with E-state index < -0.39 is 6.04 Å². The highest BCUT2D eigenvalue weighted by molar-refractivity contribution is 5.85. The molecule has 25 heavy (non-hydrogen) atoms. The Hall–Kier alpha value is -1.59. The van der Waals surface area contributed by atoms with Gasteiger partial charge in [-0.25, -0.2) is 0 Å². The third-order valence-corrected chi connectivity index (χ3v) is 4.57. The van der Waals surface area contributed by atoms with Gasteiger partial charge in [-0.2, -0.15) is 0 Å². The van der Waals surface area contributed by atoms with Crippen LogP contribution in [-0.2, 0) is 16.0 Å². The summed E-state index contributed by atoms with van der Waals surface area (Å²) in [5.41, 5.74) is 6.89. The Morgan fingerprint density at radius 3 is 2.52 bits per heavy atom. The van der Waals surface area contributed by atoms with Crippen LogP contribution in [0.3, 0.4) is 0 Å². The van der Waals surface area contributed by atoms with Gasteiger partial charge < -0.3 is 16.0 Å². The molecule has 3 N–H and O–H groups in total. The van der Waals surface area contributed by atoms with E-state index in [-0.39, 0.29) is 35.7 Å². The Morgan fingerprint density at radius 1 is 1.28 bits per heavy atom. The number of likely N-dealkylation sites (tertiary alicyclic amines) is 1. The molecule has 6 heteroatoms. The maximum Gasteiger partial charge on any atom is 0.237 e. The Morgan fingerprint density at radius 2 is 1.92 bits per heavy atom. The van der Waals surface area contributed by atoms with Crippen LogP contribution >= 0.6 is 12.4 Å². The molecule has 2 atom stereocenters. The first-order valence-electron chi connectivity index (χ1n) is 8.65. The minimum Gasteiger partial charge on any atom is -0.350 e. The quantitative estimate of drug-likeness (QED) is 0.837. The minimum atomic E-state index is -0.541. The second kappa shape index (κ2) is 9.20. The van der Waals surface area contributed by atoms with Crippen molar-refractivity contribution in [1.82, 2.24) is 10.2 Å². The van der Waals surface area contributed by atoms with E-state index in [2.05, 4.69) is 5.32 Å². The zero-order chi connectivity index (χ0) is 17.7. The van der Waals surface area contributed by atoms with Gasteiger partial charge in [0, 0.05) is 25.6 Å². The first-order chi connectivity index (χ1) is 11.3. The fourth-order valence-electron chi connectivity index (χ4n) is 2.84. The fourth-order valence-corrected chi connectivity index (χ4v) is 2.84. The summed E-state index contributed by atoms with van der Waals surface area (Å²) in [6.45, 7) is 7.13. The van der Waals surface area contributed by atoms with E-state index in [1.165, 1.54) is 5.56 Å². The van der Waals surface area contributed by atoms with Gasteiger partial charge in [0.2, 0.25) is 11.8 Å². The van der Waals surface area contributed by atoms with E-state index in [9.17, 15) is 9.59 Å². The molecule has 0 saturated carbocycles. The first-order valence-corrected chi connectivity index (χ1v) is 8.65. The number of aryl methyl sites for hydroxylation is 1. The van der Waals surface area contributed by atoms with Gasteiger partial charge in [0.1, 0.15) is 0 Å². The van der Waals surface area contributed by atoms with Gasteiger partial charge in [-0.15, -0.1) is 12.4 Å². The largest absolute Gasteiger partial charge is 0.350 e. The molecule has 1 heterocycles. The summed E-state index contributed by atoms with van der Waals surface area (Å²) in [5.74, 6) is 0.0156. The van der Waals surface area contributed by atoms with E-state index in [0.29, 0.717) is 19.5 Å². The summed E-state index contributed by atoms with van der Waals surface area (Å²) in [4.78, 5) is 26.4. The SMILES string of the molecule is CC(C)(C)[C@H](N)C(=O)NC1CCN(C(=O)CCc2ccccc2)C1.Cl. The second-order valence-electron chi connectivity index (χ2n) is 7.66. The molecule has 1 aliphatic rings. The van der Waals surface area contributed by atoms with Crippen molar-refractivity contribution in [3.05, 3.63) is 35.9 Å². The van der Waals surface area contributed by atoms with Crippen LogP contribution in [0.2, 0.25) is 0 Å². The standard InChI is InChI=1S/C19H29N3O2.ClH/c1-19(2,3)17(20)18(24)21-15-11-12-22(13-15)16(23)10-9-14-7-5-4-6-8-14;/h4-8,15,17H,9-13,20H2,1-3H3,(H,21,24);1H/t15?,17-;/m1./s1. The number of hydrogen-bond donors (Lipinski definition) is 2. The summed E-state index contributed by atoms with van der Waals surface area (Å²) in [5, 5.41) is 2.99. The van der Waals surface area contributed by atoms with Crippen LogP contribution in [0.5, 0.6) is 0 Å². The molecule has 1 aromatic rings. The average molecular weight is 368 g/mol. The predicted octanol–water partition coefficient (Wildman–Crippen LogP) is 2.13. The number of carbonyl (C=O) groups excluding carboxylic acids is 2. The van der Waals surface area contributed by atoms with E-state index >= 15 is 0 Å². The van der Waals surface area contributed by atoms with Crippen molar-refractivity contribution >= 4 is 24.2 Å². The molecule has 1 aliphatic heterocycles. The Labute approximate surface area is 156 Å². The molecule has 2 amide bonds. The van der Waals surface area contributed by atoms with Gasteiger partial charge in [-0.05, 0) is 23.8 Å². The van der Waals surface area contributed by atoms with Crippen LogP contribution in [0, 0.1) is 5.41 Å². The highest BCUT2D eigenvalue weighted by atomic mass is 35.5. The van der Waals surface area contributed by atoms with Gasteiger partial charge in [-0.3, -0.25) is 9.59 Å². The molecule has 0 spiro atoms. The van der Waals surface area contributed by atoms with E-state index in [1.807, 2.05) is 56.0 Å². The van der Waals surface area contributed by atoms with Gasteiger partial charge >= 0.3 is 0 Å². The molecule has 1 unspecified atom stereocenters. The topological polar surface area (TPSA) is 75.4 Å².